The van der Waals surface area contributed by atoms with E-state index in [1.807, 2.05) is 6.92 Å². The predicted octanol–water partition coefficient (Wildman–Crippen LogP) is 1.33. The molecule has 2 aromatic rings. The molecule has 0 radical (unpaired) electrons. The third kappa shape index (κ3) is 1.56. The van der Waals surface area contributed by atoms with Gasteiger partial charge in [-0.15, -0.1) is 0 Å². The average Bonchev–Trinajstić information content (AvgIpc) is 2.50. The van der Waals surface area contributed by atoms with Crippen LogP contribution in [0.2, 0.25) is 0 Å². The molecule has 0 saturated carbocycles. The minimum Gasteiger partial charge on any atom is -0.443 e. The second kappa shape index (κ2) is 3.10. The fourth-order valence-electron chi connectivity index (χ4n) is 1.17. The molecule has 0 bridgehead atoms. The molecule has 2 aromatic heterocycles. The van der Waals surface area contributed by atoms with Crippen molar-refractivity contribution in [3.8, 4) is 11.6 Å². The first-order valence-electron chi connectivity index (χ1n) is 4.19. The third-order valence-corrected chi connectivity index (χ3v) is 1.70. The Morgan fingerprint density at radius 1 is 1.21 bits per heavy atom. The zero-order valence-electron chi connectivity index (χ0n) is 7.98. The summed E-state index contributed by atoms with van der Waals surface area (Å²) in [5.41, 5.74) is 7.01. The topological polar surface area (TPSA) is 77.8 Å². The van der Waals surface area contributed by atoms with Crippen molar-refractivity contribution in [2.45, 2.75) is 13.8 Å². The molecule has 2 N–H and O–H groups in total. The molecule has 0 fully saturated rings. The molecule has 5 nitrogen and oxygen atoms in total. The first kappa shape index (κ1) is 8.68. The minimum atomic E-state index is 0.420. The van der Waals surface area contributed by atoms with Crippen molar-refractivity contribution in [2.75, 3.05) is 5.73 Å². The van der Waals surface area contributed by atoms with Gasteiger partial charge in [0.1, 0.15) is 23.6 Å². The normalized spacial score (nSPS) is 10.4. The number of nitrogen functional groups attached to an aromatic ring is 1. The van der Waals surface area contributed by atoms with Crippen LogP contribution < -0.4 is 5.73 Å². The number of hydrogen-bond acceptors (Lipinski definition) is 5. The Balaban J connectivity index is 2.51. The monoisotopic (exact) mass is 190 g/mol. The summed E-state index contributed by atoms with van der Waals surface area (Å²) in [6.07, 6.45) is 1.57. The Hall–Kier alpha value is -1.91. The van der Waals surface area contributed by atoms with Crippen LogP contribution in [-0.4, -0.2) is 15.0 Å². The molecule has 0 aliphatic rings. The van der Waals surface area contributed by atoms with E-state index in [4.69, 9.17) is 10.2 Å². The predicted molar refractivity (Wildman–Crippen MR) is 51.4 cm³/mol. The van der Waals surface area contributed by atoms with Gasteiger partial charge in [0, 0.05) is 6.07 Å². The van der Waals surface area contributed by atoms with Crippen molar-refractivity contribution in [1.82, 2.24) is 15.0 Å². The molecular formula is C9H10N4O. The Bertz CT molecular complexity index is 443. The van der Waals surface area contributed by atoms with Crippen molar-refractivity contribution in [2.24, 2.45) is 0 Å². The number of aryl methyl sites for hydroxylation is 2. The number of oxazole rings is 1. The lowest BCUT2D eigenvalue weighted by Gasteiger charge is -1.98. The lowest BCUT2D eigenvalue weighted by atomic mass is 10.4. The zero-order valence-corrected chi connectivity index (χ0v) is 7.98. The molecule has 0 aliphatic heterocycles. The molecule has 0 aliphatic carbocycles. The number of nitrogens with zero attached hydrogens (tertiary/aromatic N) is 3. The van der Waals surface area contributed by atoms with Gasteiger partial charge in [0.25, 0.3) is 0 Å². The summed E-state index contributed by atoms with van der Waals surface area (Å²) < 4.78 is 5.20. The highest BCUT2D eigenvalue weighted by Crippen LogP contribution is 2.17. The molecule has 0 atom stereocenters. The van der Waals surface area contributed by atoms with Gasteiger partial charge in [-0.05, 0) is 13.8 Å². The highest BCUT2D eigenvalue weighted by atomic mass is 16.3. The summed E-state index contributed by atoms with van der Waals surface area (Å²) in [6, 6.07) is 1.64. The van der Waals surface area contributed by atoms with Crippen LogP contribution in [0.3, 0.4) is 0 Å². The second-order valence-corrected chi connectivity index (χ2v) is 3.02. The number of nitrogens with two attached hydrogens (primary N) is 1. The lowest BCUT2D eigenvalue weighted by Crippen LogP contribution is -1.97. The van der Waals surface area contributed by atoms with Crippen LogP contribution in [0.25, 0.3) is 11.6 Å². The zero-order chi connectivity index (χ0) is 10.1. The summed E-state index contributed by atoms with van der Waals surface area (Å²) in [6.45, 7) is 3.63. The molecule has 0 aromatic carbocycles. The van der Waals surface area contributed by atoms with Crippen molar-refractivity contribution in [3.63, 3.8) is 0 Å². The maximum Gasteiger partial charge on any atom is 0.245 e. The minimum absolute atomic E-state index is 0.420. The molecule has 2 rings (SSSR count). The molecule has 5 heteroatoms. The van der Waals surface area contributed by atoms with E-state index in [0.29, 0.717) is 23.2 Å². The molecule has 2 heterocycles. The van der Waals surface area contributed by atoms with Crippen molar-refractivity contribution < 1.29 is 4.42 Å². The molecular weight excluding hydrogens is 180 g/mol. The fourth-order valence-corrected chi connectivity index (χ4v) is 1.17. The van der Waals surface area contributed by atoms with E-state index < -0.39 is 0 Å². The summed E-state index contributed by atoms with van der Waals surface area (Å²) in [4.78, 5) is 12.3. The van der Waals surface area contributed by atoms with E-state index in [9.17, 15) is 0 Å². The van der Waals surface area contributed by atoms with E-state index in [1.54, 1.807) is 19.3 Å². The molecule has 0 spiro atoms. The van der Waals surface area contributed by atoms with E-state index in [1.165, 1.54) is 0 Å². The molecule has 72 valence electrons. The highest BCUT2D eigenvalue weighted by molar-refractivity contribution is 5.52. The maximum atomic E-state index is 5.58. The standard InChI is InChI=1S/C9H10N4O/c1-5-4-14-9(11-5)7-3-8(10)13-6(2)12-7/h3-4H,1-2H3,(H2,10,12,13). The van der Waals surface area contributed by atoms with E-state index >= 15 is 0 Å². The summed E-state index contributed by atoms with van der Waals surface area (Å²) >= 11 is 0. The first-order chi connectivity index (χ1) is 6.65. The van der Waals surface area contributed by atoms with E-state index in [2.05, 4.69) is 15.0 Å². The van der Waals surface area contributed by atoms with Gasteiger partial charge in [0.15, 0.2) is 0 Å². The van der Waals surface area contributed by atoms with Gasteiger partial charge in [-0.2, -0.15) is 0 Å². The van der Waals surface area contributed by atoms with Crippen LogP contribution in [0.15, 0.2) is 16.7 Å². The summed E-state index contributed by atoms with van der Waals surface area (Å²) in [5.74, 6) is 1.50. The van der Waals surface area contributed by atoms with Gasteiger partial charge in [0.2, 0.25) is 5.89 Å². The van der Waals surface area contributed by atoms with Crippen molar-refractivity contribution >= 4 is 5.82 Å². The summed E-state index contributed by atoms with van der Waals surface area (Å²) in [7, 11) is 0. The smallest absolute Gasteiger partial charge is 0.245 e. The number of rotatable bonds is 1. The van der Waals surface area contributed by atoms with Crippen LogP contribution in [0, 0.1) is 13.8 Å². The summed E-state index contributed by atoms with van der Waals surface area (Å²) in [5, 5.41) is 0. The maximum absolute atomic E-state index is 5.58. The Morgan fingerprint density at radius 2 is 2.00 bits per heavy atom. The van der Waals surface area contributed by atoms with E-state index in [-0.39, 0.29) is 0 Å². The largest absolute Gasteiger partial charge is 0.443 e. The van der Waals surface area contributed by atoms with Crippen LogP contribution in [0.1, 0.15) is 11.5 Å². The Kier molecular flexibility index (Phi) is 1.92. The molecule has 0 unspecified atom stereocenters. The molecule has 0 amide bonds. The SMILES string of the molecule is Cc1coc(-c2cc(N)nc(C)n2)n1. The number of aromatic nitrogens is 3. The average molecular weight is 190 g/mol. The number of anilines is 1. The Labute approximate surface area is 81.0 Å². The van der Waals surface area contributed by atoms with Gasteiger partial charge in [-0.25, -0.2) is 15.0 Å². The van der Waals surface area contributed by atoms with Gasteiger partial charge in [-0.3, -0.25) is 0 Å². The van der Waals surface area contributed by atoms with Crippen molar-refractivity contribution in [3.05, 3.63) is 23.8 Å². The van der Waals surface area contributed by atoms with Gasteiger partial charge >= 0.3 is 0 Å². The number of hydrogen-bond donors (Lipinski definition) is 1. The van der Waals surface area contributed by atoms with Crippen LogP contribution in [0.4, 0.5) is 5.82 Å². The first-order valence-corrected chi connectivity index (χ1v) is 4.19. The van der Waals surface area contributed by atoms with Gasteiger partial charge < -0.3 is 10.2 Å². The van der Waals surface area contributed by atoms with E-state index in [0.717, 1.165) is 5.69 Å². The highest BCUT2D eigenvalue weighted by Gasteiger charge is 2.07. The fraction of sp³-hybridized carbons (Fsp3) is 0.222. The van der Waals surface area contributed by atoms with Crippen LogP contribution in [-0.2, 0) is 0 Å². The molecule has 14 heavy (non-hydrogen) atoms. The molecule has 0 saturated heterocycles. The third-order valence-electron chi connectivity index (χ3n) is 1.70. The van der Waals surface area contributed by atoms with Crippen molar-refractivity contribution in [1.29, 1.82) is 0 Å². The van der Waals surface area contributed by atoms with Crippen LogP contribution in [0.5, 0.6) is 0 Å². The van der Waals surface area contributed by atoms with Gasteiger partial charge in [0.05, 0.1) is 5.69 Å². The Morgan fingerprint density at radius 3 is 2.57 bits per heavy atom. The quantitative estimate of drug-likeness (QED) is 0.733. The lowest BCUT2D eigenvalue weighted by molar-refractivity contribution is 0.570. The van der Waals surface area contributed by atoms with Gasteiger partial charge in [-0.1, -0.05) is 0 Å². The second-order valence-electron chi connectivity index (χ2n) is 3.02. The van der Waals surface area contributed by atoms with Crippen LogP contribution >= 0.6 is 0 Å².